The van der Waals surface area contributed by atoms with E-state index in [0.717, 1.165) is 6.54 Å². The maximum absolute atomic E-state index is 4.85. The molecule has 0 aromatic heterocycles. The predicted molar refractivity (Wildman–Crippen MR) is 48.1 cm³/mol. The molecule has 0 unspecified atom stereocenters. The summed E-state index contributed by atoms with van der Waals surface area (Å²) in [5.74, 6) is 0. The molecule has 64 valence electrons. The standard InChI is InChI=1S/C6H15N.C2H7N/c1-5(2)7-6(3)4;1-2-3/h5-7H,1-4H3;2-3H2,1H3. The highest BCUT2D eigenvalue weighted by Gasteiger charge is 1.92. The Hall–Kier alpha value is -0.0800. The van der Waals surface area contributed by atoms with E-state index in [9.17, 15) is 0 Å². The molecule has 0 aliphatic rings. The molecule has 0 heterocycles. The number of hydrogen-bond acceptors (Lipinski definition) is 2. The van der Waals surface area contributed by atoms with Crippen molar-refractivity contribution in [3.8, 4) is 0 Å². The first-order valence-corrected chi connectivity index (χ1v) is 4.00. The lowest BCUT2D eigenvalue weighted by atomic mass is 10.3. The summed E-state index contributed by atoms with van der Waals surface area (Å²) in [7, 11) is 0. The second-order valence-electron chi connectivity index (χ2n) is 2.88. The monoisotopic (exact) mass is 146 g/mol. The largest absolute Gasteiger partial charge is 0.331 e. The summed E-state index contributed by atoms with van der Waals surface area (Å²) in [5.41, 5.74) is 4.85. The van der Waals surface area contributed by atoms with Crippen LogP contribution in [0.2, 0.25) is 0 Å². The summed E-state index contributed by atoms with van der Waals surface area (Å²) >= 11 is 0. The van der Waals surface area contributed by atoms with Crippen LogP contribution in [0.15, 0.2) is 0 Å². The minimum Gasteiger partial charge on any atom is -0.331 e. The van der Waals surface area contributed by atoms with E-state index in [0.29, 0.717) is 12.1 Å². The molecule has 0 radical (unpaired) electrons. The van der Waals surface area contributed by atoms with Crippen molar-refractivity contribution in [2.75, 3.05) is 6.54 Å². The topological polar surface area (TPSA) is 38.0 Å². The van der Waals surface area contributed by atoms with Gasteiger partial charge in [0.1, 0.15) is 0 Å². The molecule has 0 atom stereocenters. The number of nitrogens with one attached hydrogen (secondary N) is 1. The van der Waals surface area contributed by atoms with Crippen molar-refractivity contribution in [3.05, 3.63) is 0 Å². The lowest BCUT2D eigenvalue weighted by molar-refractivity contribution is 0.518. The average molecular weight is 146 g/mol. The third kappa shape index (κ3) is 24.7. The Balaban J connectivity index is 0. The first-order valence-electron chi connectivity index (χ1n) is 4.00. The molecule has 0 aromatic carbocycles. The average Bonchev–Trinajstić information content (AvgIpc) is 1.62. The van der Waals surface area contributed by atoms with Gasteiger partial charge >= 0.3 is 0 Å². The molecule has 0 rings (SSSR count). The minimum atomic E-state index is 0.625. The molecule has 0 saturated carbocycles. The van der Waals surface area contributed by atoms with Gasteiger partial charge in [-0.05, 0) is 6.54 Å². The van der Waals surface area contributed by atoms with Gasteiger partial charge in [0, 0.05) is 12.1 Å². The van der Waals surface area contributed by atoms with Gasteiger partial charge in [-0.3, -0.25) is 0 Å². The number of rotatable bonds is 2. The van der Waals surface area contributed by atoms with Crippen LogP contribution >= 0.6 is 0 Å². The van der Waals surface area contributed by atoms with Crippen molar-refractivity contribution in [3.63, 3.8) is 0 Å². The Morgan fingerprint density at radius 1 is 1.10 bits per heavy atom. The Bertz CT molecular complexity index is 45.2. The lowest BCUT2D eigenvalue weighted by Gasteiger charge is -2.10. The van der Waals surface area contributed by atoms with Crippen LogP contribution in [0.4, 0.5) is 0 Å². The Kier molecular flexibility index (Phi) is 11.2. The summed E-state index contributed by atoms with van der Waals surface area (Å²) in [6.45, 7) is 11.3. The summed E-state index contributed by atoms with van der Waals surface area (Å²) in [4.78, 5) is 0. The van der Waals surface area contributed by atoms with Crippen molar-refractivity contribution < 1.29 is 0 Å². The van der Waals surface area contributed by atoms with Crippen LogP contribution in [0.1, 0.15) is 34.6 Å². The quantitative estimate of drug-likeness (QED) is 0.617. The van der Waals surface area contributed by atoms with E-state index in [1.54, 1.807) is 0 Å². The molecular weight excluding hydrogens is 124 g/mol. The van der Waals surface area contributed by atoms with Gasteiger partial charge in [0.25, 0.3) is 0 Å². The van der Waals surface area contributed by atoms with E-state index < -0.39 is 0 Å². The molecule has 2 heteroatoms. The molecule has 0 fully saturated rings. The first kappa shape index (κ1) is 12.6. The second kappa shape index (κ2) is 8.92. The van der Waals surface area contributed by atoms with Crippen LogP contribution in [-0.4, -0.2) is 18.6 Å². The smallest absolute Gasteiger partial charge is 0.00127 e. The van der Waals surface area contributed by atoms with Crippen LogP contribution in [0, 0.1) is 0 Å². The van der Waals surface area contributed by atoms with Crippen molar-refractivity contribution in [2.24, 2.45) is 5.73 Å². The van der Waals surface area contributed by atoms with E-state index >= 15 is 0 Å². The first-order chi connectivity index (χ1) is 4.54. The van der Waals surface area contributed by atoms with E-state index in [1.807, 2.05) is 6.92 Å². The van der Waals surface area contributed by atoms with Gasteiger partial charge in [0.05, 0.1) is 0 Å². The van der Waals surface area contributed by atoms with Crippen LogP contribution < -0.4 is 11.1 Å². The van der Waals surface area contributed by atoms with Crippen molar-refractivity contribution in [1.29, 1.82) is 0 Å². The van der Waals surface area contributed by atoms with E-state index in [4.69, 9.17) is 5.73 Å². The number of hydrogen-bond donors (Lipinski definition) is 2. The van der Waals surface area contributed by atoms with E-state index in [1.165, 1.54) is 0 Å². The second-order valence-corrected chi connectivity index (χ2v) is 2.88. The van der Waals surface area contributed by atoms with Crippen molar-refractivity contribution >= 4 is 0 Å². The summed E-state index contributed by atoms with van der Waals surface area (Å²) in [6.07, 6.45) is 0. The summed E-state index contributed by atoms with van der Waals surface area (Å²) in [6, 6.07) is 1.25. The molecule has 0 amide bonds. The van der Waals surface area contributed by atoms with Crippen LogP contribution in [0.5, 0.6) is 0 Å². The van der Waals surface area contributed by atoms with Crippen LogP contribution in [0.3, 0.4) is 0 Å². The molecule has 2 nitrogen and oxygen atoms in total. The molecule has 0 spiro atoms. The van der Waals surface area contributed by atoms with Gasteiger partial charge in [-0.1, -0.05) is 34.6 Å². The maximum Gasteiger partial charge on any atom is 0.00127 e. The zero-order chi connectivity index (χ0) is 8.57. The van der Waals surface area contributed by atoms with Crippen LogP contribution in [-0.2, 0) is 0 Å². The molecule has 3 N–H and O–H groups in total. The fourth-order valence-corrected chi connectivity index (χ4v) is 0.667. The number of nitrogens with two attached hydrogens (primary N) is 1. The molecule has 0 aliphatic carbocycles. The highest BCUT2D eigenvalue weighted by Crippen LogP contribution is 1.80. The highest BCUT2D eigenvalue weighted by molar-refractivity contribution is 4.55. The SMILES string of the molecule is CC(C)NC(C)C.CCN. The third-order valence-electron chi connectivity index (χ3n) is 0.667. The zero-order valence-electron chi connectivity index (χ0n) is 7.94. The summed E-state index contributed by atoms with van der Waals surface area (Å²) < 4.78 is 0. The fraction of sp³-hybridized carbons (Fsp3) is 1.00. The van der Waals surface area contributed by atoms with Crippen molar-refractivity contribution in [2.45, 2.75) is 46.7 Å². The van der Waals surface area contributed by atoms with Gasteiger partial charge in [-0.15, -0.1) is 0 Å². The van der Waals surface area contributed by atoms with Gasteiger partial charge in [0.2, 0.25) is 0 Å². The van der Waals surface area contributed by atoms with Gasteiger partial charge in [-0.2, -0.15) is 0 Å². The van der Waals surface area contributed by atoms with Crippen LogP contribution in [0.25, 0.3) is 0 Å². The fourth-order valence-electron chi connectivity index (χ4n) is 0.667. The van der Waals surface area contributed by atoms with Gasteiger partial charge in [-0.25, -0.2) is 0 Å². The normalized spacial score (nSPS) is 9.60. The summed E-state index contributed by atoms with van der Waals surface area (Å²) in [5, 5.41) is 3.31. The Morgan fingerprint density at radius 3 is 1.30 bits per heavy atom. The predicted octanol–water partition coefficient (Wildman–Crippen LogP) is 1.36. The van der Waals surface area contributed by atoms with E-state index in [-0.39, 0.29) is 0 Å². The highest BCUT2D eigenvalue weighted by atomic mass is 14.9. The molecule has 0 aliphatic heterocycles. The molecule has 10 heavy (non-hydrogen) atoms. The molecule has 0 saturated heterocycles. The van der Waals surface area contributed by atoms with Crippen molar-refractivity contribution in [1.82, 2.24) is 5.32 Å². The minimum absolute atomic E-state index is 0.625. The van der Waals surface area contributed by atoms with E-state index in [2.05, 4.69) is 33.0 Å². The lowest BCUT2D eigenvalue weighted by Crippen LogP contribution is -2.29. The molecule has 0 aromatic rings. The molecular formula is C8H22N2. The zero-order valence-corrected chi connectivity index (χ0v) is 7.94. The Morgan fingerprint density at radius 2 is 1.30 bits per heavy atom. The maximum atomic E-state index is 4.85. The Labute approximate surface area is 65.2 Å². The van der Waals surface area contributed by atoms with Gasteiger partial charge < -0.3 is 11.1 Å². The third-order valence-corrected chi connectivity index (χ3v) is 0.667. The molecule has 0 bridgehead atoms. The van der Waals surface area contributed by atoms with Gasteiger partial charge in [0.15, 0.2) is 0 Å².